The Morgan fingerprint density at radius 3 is 2.58 bits per heavy atom. The van der Waals surface area contributed by atoms with Crippen LogP contribution in [0.1, 0.15) is 12.6 Å². The maximum Gasteiger partial charge on any atom is 0.191 e. The van der Waals surface area contributed by atoms with E-state index in [0.29, 0.717) is 0 Å². The maximum absolute atomic E-state index is 13.3. The number of thioether (sulfide) groups is 1. The first-order valence-corrected chi connectivity index (χ1v) is 12.3. The predicted molar refractivity (Wildman–Crippen MR) is 127 cm³/mol. The van der Waals surface area contributed by atoms with E-state index in [1.165, 1.54) is 12.1 Å². The number of rotatable bonds is 5. The summed E-state index contributed by atoms with van der Waals surface area (Å²) >= 11 is 3.54. The average Bonchev–Trinajstić information content (AvgIpc) is 3.44. The van der Waals surface area contributed by atoms with E-state index in [-0.39, 0.29) is 5.82 Å². The molecular weight excluding hydrogens is 431 g/mol. The van der Waals surface area contributed by atoms with Crippen molar-refractivity contribution in [3.8, 4) is 11.3 Å². The van der Waals surface area contributed by atoms with Crippen LogP contribution in [0.5, 0.6) is 0 Å². The zero-order valence-corrected chi connectivity index (χ0v) is 19.1. The number of aryl methyl sites for hydroxylation is 1. The summed E-state index contributed by atoms with van der Waals surface area (Å²) in [6, 6.07) is 10.5. The van der Waals surface area contributed by atoms with Gasteiger partial charge in [0, 0.05) is 42.6 Å². The summed E-state index contributed by atoms with van der Waals surface area (Å²) in [6.45, 7) is 4.13. The molecule has 3 aromatic heterocycles. The van der Waals surface area contributed by atoms with Crippen molar-refractivity contribution < 1.29 is 4.39 Å². The molecule has 1 saturated heterocycles. The van der Waals surface area contributed by atoms with Gasteiger partial charge in [-0.05, 0) is 42.8 Å². The lowest BCUT2D eigenvalue weighted by Crippen LogP contribution is -2.33. The molecule has 0 bridgehead atoms. The van der Waals surface area contributed by atoms with Crippen molar-refractivity contribution in [1.29, 1.82) is 0 Å². The van der Waals surface area contributed by atoms with Gasteiger partial charge in [-0.25, -0.2) is 14.4 Å². The van der Waals surface area contributed by atoms with Gasteiger partial charge in [-0.3, -0.25) is 0 Å². The summed E-state index contributed by atoms with van der Waals surface area (Å²) in [5, 5.41) is 7.80. The predicted octanol–water partition coefficient (Wildman–Crippen LogP) is 4.88. The van der Waals surface area contributed by atoms with Crippen LogP contribution in [0.25, 0.3) is 16.9 Å². The zero-order valence-electron chi connectivity index (χ0n) is 17.5. The number of anilines is 3. The fourth-order valence-corrected chi connectivity index (χ4v) is 5.46. The van der Waals surface area contributed by atoms with Gasteiger partial charge in [-0.2, -0.15) is 16.3 Å². The molecule has 1 aliphatic rings. The molecule has 1 aromatic carbocycles. The number of hydrogen-bond donors (Lipinski definition) is 0. The van der Waals surface area contributed by atoms with E-state index in [1.807, 2.05) is 34.8 Å². The molecule has 160 valence electrons. The highest BCUT2D eigenvalue weighted by Gasteiger charge is 2.21. The number of imidazole rings is 1. The van der Waals surface area contributed by atoms with E-state index in [9.17, 15) is 4.39 Å². The van der Waals surface area contributed by atoms with Crippen molar-refractivity contribution in [2.75, 3.05) is 41.4 Å². The van der Waals surface area contributed by atoms with Gasteiger partial charge >= 0.3 is 0 Å². The highest BCUT2D eigenvalue weighted by Crippen LogP contribution is 2.33. The molecule has 1 fully saturated rings. The van der Waals surface area contributed by atoms with Gasteiger partial charge in [0.1, 0.15) is 11.6 Å². The van der Waals surface area contributed by atoms with Crippen LogP contribution in [0.3, 0.4) is 0 Å². The van der Waals surface area contributed by atoms with E-state index in [0.717, 1.165) is 70.4 Å². The van der Waals surface area contributed by atoms with E-state index >= 15 is 0 Å². The number of thiazole rings is 1. The lowest BCUT2D eigenvalue weighted by atomic mass is 10.2. The van der Waals surface area contributed by atoms with Crippen molar-refractivity contribution in [1.82, 2.24) is 19.6 Å². The van der Waals surface area contributed by atoms with Crippen molar-refractivity contribution in [2.24, 2.45) is 0 Å². The zero-order chi connectivity index (χ0) is 21.4. The van der Waals surface area contributed by atoms with Gasteiger partial charge in [-0.15, -0.1) is 16.4 Å². The molecule has 0 atom stereocenters. The topological polar surface area (TPSA) is 49.6 Å². The summed E-state index contributed by atoms with van der Waals surface area (Å²) < 4.78 is 15.2. The minimum absolute atomic E-state index is 0.246. The summed E-state index contributed by atoms with van der Waals surface area (Å²) in [6.07, 6.45) is 0.801. The summed E-state index contributed by atoms with van der Waals surface area (Å²) in [4.78, 5) is 14.0. The molecule has 0 saturated carbocycles. The molecule has 1 aliphatic heterocycles. The highest BCUT2D eigenvalue weighted by molar-refractivity contribution is 7.99. The van der Waals surface area contributed by atoms with Gasteiger partial charge in [0.05, 0.1) is 11.4 Å². The molecular formula is C22H23FN6S2. The minimum Gasteiger partial charge on any atom is -0.354 e. The molecule has 31 heavy (non-hydrogen) atoms. The van der Waals surface area contributed by atoms with Crippen molar-refractivity contribution in [3.05, 3.63) is 53.3 Å². The third kappa shape index (κ3) is 3.87. The van der Waals surface area contributed by atoms with Crippen LogP contribution < -0.4 is 9.80 Å². The molecule has 4 aromatic rings. The third-order valence-electron chi connectivity index (χ3n) is 5.42. The van der Waals surface area contributed by atoms with Crippen LogP contribution in [-0.2, 0) is 6.42 Å². The minimum atomic E-state index is -0.246. The lowest BCUT2D eigenvalue weighted by Gasteiger charge is -2.27. The van der Waals surface area contributed by atoms with Crippen LogP contribution in [0.2, 0.25) is 0 Å². The molecule has 5 rings (SSSR count). The Kier molecular flexibility index (Phi) is 5.54. The van der Waals surface area contributed by atoms with Gasteiger partial charge in [0.25, 0.3) is 0 Å². The SMILES string of the molecule is CCc1nc2ccc(N3CCSCC3)nn2c1N(C)c1nc(-c2ccc(F)cc2)cs1. The van der Waals surface area contributed by atoms with Gasteiger partial charge in [0.2, 0.25) is 0 Å². The van der Waals surface area contributed by atoms with Crippen molar-refractivity contribution >= 4 is 45.5 Å². The van der Waals surface area contributed by atoms with Crippen LogP contribution in [0.4, 0.5) is 21.2 Å². The quantitative estimate of drug-likeness (QED) is 0.429. The monoisotopic (exact) mass is 454 g/mol. The molecule has 0 radical (unpaired) electrons. The van der Waals surface area contributed by atoms with Gasteiger partial charge in [0.15, 0.2) is 16.6 Å². The smallest absolute Gasteiger partial charge is 0.191 e. The second-order valence-corrected chi connectivity index (χ2v) is 9.44. The third-order valence-corrected chi connectivity index (χ3v) is 7.28. The standard InChI is InChI=1S/C22H23FN6S2/c1-3-17-21(27(2)22-25-18(14-31-22)15-4-6-16(23)7-5-15)29-19(24-17)8-9-20(26-29)28-10-12-30-13-11-28/h4-9,14H,3,10-13H2,1-2H3. The normalized spacial score (nSPS) is 14.4. The Morgan fingerprint density at radius 1 is 1.06 bits per heavy atom. The van der Waals surface area contributed by atoms with Crippen LogP contribution in [0.15, 0.2) is 41.8 Å². The number of nitrogens with zero attached hydrogens (tertiary/aromatic N) is 6. The molecule has 0 aliphatic carbocycles. The Morgan fingerprint density at radius 2 is 1.84 bits per heavy atom. The van der Waals surface area contributed by atoms with Gasteiger partial charge in [-0.1, -0.05) is 6.92 Å². The molecule has 0 spiro atoms. The van der Waals surface area contributed by atoms with E-state index in [1.54, 1.807) is 23.5 Å². The number of halogens is 1. The molecule has 4 heterocycles. The fraction of sp³-hybridized carbons (Fsp3) is 0.318. The average molecular weight is 455 g/mol. The van der Waals surface area contributed by atoms with Crippen molar-refractivity contribution in [3.63, 3.8) is 0 Å². The van der Waals surface area contributed by atoms with Crippen LogP contribution in [-0.4, -0.2) is 51.2 Å². The summed E-state index contributed by atoms with van der Waals surface area (Å²) in [5.41, 5.74) is 3.55. The van der Waals surface area contributed by atoms with E-state index < -0.39 is 0 Å². The molecule has 0 N–H and O–H groups in total. The molecule has 0 amide bonds. The molecule has 9 heteroatoms. The second kappa shape index (κ2) is 8.47. The number of fused-ring (bicyclic) bond motifs is 1. The van der Waals surface area contributed by atoms with E-state index in [2.05, 4.69) is 22.8 Å². The lowest BCUT2D eigenvalue weighted by molar-refractivity contribution is 0.628. The Hall–Kier alpha value is -2.65. The fourth-order valence-electron chi connectivity index (χ4n) is 3.75. The molecule has 0 unspecified atom stereocenters. The largest absolute Gasteiger partial charge is 0.354 e. The Balaban J connectivity index is 1.53. The summed E-state index contributed by atoms with van der Waals surface area (Å²) in [5.74, 6) is 3.92. The van der Waals surface area contributed by atoms with E-state index in [4.69, 9.17) is 15.1 Å². The van der Waals surface area contributed by atoms with Crippen molar-refractivity contribution in [2.45, 2.75) is 13.3 Å². The maximum atomic E-state index is 13.3. The Bertz CT molecular complexity index is 1200. The first-order valence-electron chi connectivity index (χ1n) is 10.3. The number of benzene rings is 1. The first-order chi connectivity index (χ1) is 15.1. The van der Waals surface area contributed by atoms with Crippen LogP contribution in [0, 0.1) is 5.82 Å². The first kappa shape index (κ1) is 20.3. The van der Waals surface area contributed by atoms with Gasteiger partial charge < -0.3 is 9.80 Å². The molecule has 6 nitrogen and oxygen atoms in total. The van der Waals surface area contributed by atoms with Crippen LogP contribution >= 0.6 is 23.1 Å². The number of aromatic nitrogens is 4. The second-order valence-electron chi connectivity index (χ2n) is 7.38. The number of hydrogen-bond acceptors (Lipinski definition) is 7. The highest BCUT2D eigenvalue weighted by atomic mass is 32.2. The Labute approximate surface area is 188 Å². The summed E-state index contributed by atoms with van der Waals surface area (Å²) in [7, 11) is 2.00.